The highest BCUT2D eigenvalue weighted by atomic mass is 19.3. The number of fused-ring (bicyclic) bond motifs is 1. The van der Waals surface area contributed by atoms with Crippen LogP contribution in [0.4, 0.5) is 30.6 Å². The van der Waals surface area contributed by atoms with Gasteiger partial charge in [-0.1, -0.05) is 0 Å². The maximum absolute atomic E-state index is 14.5. The summed E-state index contributed by atoms with van der Waals surface area (Å²) in [5, 5.41) is 15.0. The number of aromatic nitrogens is 2. The summed E-state index contributed by atoms with van der Waals surface area (Å²) < 4.78 is 50.2. The van der Waals surface area contributed by atoms with Crippen LogP contribution in [0.25, 0.3) is 0 Å². The molecule has 2 atom stereocenters. The van der Waals surface area contributed by atoms with E-state index in [4.69, 9.17) is 9.84 Å². The highest BCUT2D eigenvalue weighted by molar-refractivity contribution is 5.60. The summed E-state index contributed by atoms with van der Waals surface area (Å²) in [6.45, 7) is 2.52. The van der Waals surface area contributed by atoms with Gasteiger partial charge in [-0.3, -0.25) is 4.90 Å². The number of benzene rings is 1. The number of hydrogen-bond acceptors (Lipinski definition) is 8. The molecule has 11 heteroatoms. The maximum Gasteiger partial charge on any atom is 0.387 e. The van der Waals surface area contributed by atoms with E-state index >= 15 is 0 Å². The fourth-order valence-corrected chi connectivity index (χ4v) is 4.91. The molecule has 3 N–H and O–H groups in total. The molecular weight excluding hydrogens is 463 g/mol. The molecule has 1 aromatic carbocycles. The van der Waals surface area contributed by atoms with E-state index in [0.717, 1.165) is 38.4 Å². The largest absolute Gasteiger partial charge is 0.490 e. The van der Waals surface area contributed by atoms with Crippen LogP contribution >= 0.6 is 0 Å². The zero-order valence-electron chi connectivity index (χ0n) is 19.9. The van der Waals surface area contributed by atoms with E-state index in [9.17, 15) is 13.2 Å². The maximum atomic E-state index is 14.5. The van der Waals surface area contributed by atoms with Gasteiger partial charge in [0.1, 0.15) is 0 Å². The summed E-state index contributed by atoms with van der Waals surface area (Å²) in [6, 6.07) is 4.97. The zero-order chi connectivity index (χ0) is 25.0. The molecule has 3 heterocycles. The van der Waals surface area contributed by atoms with Crippen LogP contribution in [-0.4, -0.2) is 64.0 Å². The Hall–Kier alpha value is -2.79. The van der Waals surface area contributed by atoms with Crippen LogP contribution < -0.4 is 20.1 Å². The van der Waals surface area contributed by atoms with Crippen molar-refractivity contribution < 1.29 is 27.8 Å². The minimum absolute atomic E-state index is 0.0826. The van der Waals surface area contributed by atoms with Crippen LogP contribution in [0.1, 0.15) is 46.0 Å². The average Bonchev–Trinajstić information content (AvgIpc) is 3.11. The van der Waals surface area contributed by atoms with Crippen molar-refractivity contribution in [3.8, 4) is 11.5 Å². The molecule has 2 aliphatic rings. The average molecular weight is 496 g/mol. The van der Waals surface area contributed by atoms with Gasteiger partial charge in [0, 0.05) is 48.9 Å². The van der Waals surface area contributed by atoms with Gasteiger partial charge < -0.3 is 25.2 Å². The number of ether oxygens (including phenoxy) is 2. The topological polar surface area (TPSA) is 91.8 Å². The fraction of sp³-hybridized carbons (Fsp3) is 0.583. The molecule has 0 saturated carbocycles. The highest BCUT2D eigenvalue weighted by Gasteiger charge is 2.42. The van der Waals surface area contributed by atoms with Crippen LogP contribution in [-0.2, 0) is 0 Å². The summed E-state index contributed by atoms with van der Waals surface area (Å²) >= 11 is 0. The predicted molar refractivity (Wildman–Crippen MR) is 126 cm³/mol. The number of nitrogens with one attached hydrogen (secondary N) is 2. The van der Waals surface area contributed by atoms with Crippen LogP contribution in [0, 0.1) is 5.82 Å². The second-order valence-electron chi connectivity index (χ2n) is 9.54. The number of piperidine rings is 1. The van der Waals surface area contributed by atoms with Gasteiger partial charge in [0.25, 0.3) is 0 Å². The molecule has 2 fully saturated rings. The summed E-state index contributed by atoms with van der Waals surface area (Å²) in [5.41, 5.74) is 0.577. The van der Waals surface area contributed by atoms with Crippen LogP contribution in [0.15, 0.2) is 24.4 Å². The molecule has 8 nitrogen and oxygen atoms in total. The molecule has 1 aromatic heterocycles. The molecule has 0 unspecified atom stereocenters. The quantitative estimate of drug-likeness (QED) is 0.414. The van der Waals surface area contributed by atoms with Gasteiger partial charge in [-0.15, -0.1) is 0 Å². The van der Waals surface area contributed by atoms with Crippen molar-refractivity contribution in [3.63, 3.8) is 0 Å². The Balaban J connectivity index is 1.44. The third kappa shape index (κ3) is 6.26. The van der Waals surface area contributed by atoms with Gasteiger partial charge in [-0.05, 0) is 51.7 Å². The van der Waals surface area contributed by atoms with Crippen molar-refractivity contribution >= 4 is 17.5 Å². The highest BCUT2D eigenvalue weighted by Crippen LogP contribution is 2.39. The molecule has 0 bridgehead atoms. The predicted octanol–water partition coefficient (Wildman–Crippen LogP) is 4.54. The van der Waals surface area contributed by atoms with Gasteiger partial charge in [-0.2, -0.15) is 13.8 Å². The SMILES string of the molecule is CC1(C)CC[C@@H]2C[C@@H](Nc3nc(Nc4ccc(OCCCO)c(OC(F)F)c4)ncc3F)CCN21. The Morgan fingerprint density at radius 3 is 2.86 bits per heavy atom. The molecule has 4 rings (SSSR count). The summed E-state index contributed by atoms with van der Waals surface area (Å²) in [4.78, 5) is 10.8. The zero-order valence-corrected chi connectivity index (χ0v) is 19.9. The normalized spacial score (nSPS) is 21.6. The van der Waals surface area contributed by atoms with E-state index < -0.39 is 12.4 Å². The van der Waals surface area contributed by atoms with Gasteiger partial charge in [0.2, 0.25) is 5.95 Å². The fourth-order valence-electron chi connectivity index (χ4n) is 4.91. The Bertz CT molecular complexity index is 1010. The van der Waals surface area contributed by atoms with Crippen LogP contribution in [0.3, 0.4) is 0 Å². The number of hydrogen-bond donors (Lipinski definition) is 3. The van der Waals surface area contributed by atoms with Gasteiger partial charge in [0.15, 0.2) is 23.1 Å². The van der Waals surface area contributed by atoms with E-state index in [1.807, 2.05) is 0 Å². The van der Waals surface area contributed by atoms with Crippen LogP contribution in [0.2, 0.25) is 0 Å². The van der Waals surface area contributed by atoms with Crippen molar-refractivity contribution in [1.82, 2.24) is 14.9 Å². The minimum atomic E-state index is -3.04. The molecule has 0 spiro atoms. The van der Waals surface area contributed by atoms with Crippen molar-refractivity contribution in [2.24, 2.45) is 0 Å². The third-order valence-electron chi connectivity index (χ3n) is 6.64. The first-order valence-electron chi connectivity index (χ1n) is 11.9. The van der Waals surface area contributed by atoms with Crippen molar-refractivity contribution in [3.05, 3.63) is 30.2 Å². The van der Waals surface area contributed by atoms with E-state index in [-0.39, 0.29) is 48.1 Å². The number of aliphatic hydroxyl groups is 1. The van der Waals surface area contributed by atoms with Crippen molar-refractivity contribution in [1.29, 1.82) is 0 Å². The number of anilines is 3. The first-order valence-corrected chi connectivity index (χ1v) is 11.9. The summed E-state index contributed by atoms with van der Waals surface area (Å²) in [6.07, 6.45) is 5.52. The van der Waals surface area contributed by atoms with E-state index in [1.54, 1.807) is 6.07 Å². The number of alkyl halides is 2. The first kappa shape index (κ1) is 25.3. The molecule has 2 aromatic rings. The van der Waals surface area contributed by atoms with Gasteiger partial charge >= 0.3 is 6.61 Å². The monoisotopic (exact) mass is 495 g/mol. The number of aliphatic hydroxyl groups excluding tert-OH is 1. The molecule has 0 aliphatic carbocycles. The lowest BCUT2D eigenvalue weighted by Crippen LogP contribution is -2.50. The first-order chi connectivity index (χ1) is 16.7. The lowest BCUT2D eigenvalue weighted by atomic mass is 9.97. The van der Waals surface area contributed by atoms with E-state index in [1.165, 1.54) is 12.1 Å². The molecular formula is C24H32F3N5O3. The second kappa shape index (κ2) is 10.9. The Kier molecular flexibility index (Phi) is 7.85. The van der Waals surface area contributed by atoms with E-state index in [2.05, 4.69) is 44.1 Å². The Labute approximate surface area is 202 Å². The summed E-state index contributed by atoms with van der Waals surface area (Å²) in [5.74, 6) is -0.390. The van der Waals surface area contributed by atoms with Crippen molar-refractivity contribution in [2.45, 2.75) is 70.2 Å². The molecule has 2 aliphatic heterocycles. The van der Waals surface area contributed by atoms with E-state index in [0.29, 0.717) is 18.2 Å². The van der Waals surface area contributed by atoms with Gasteiger partial charge in [0.05, 0.1) is 12.8 Å². The van der Waals surface area contributed by atoms with Gasteiger partial charge in [-0.25, -0.2) is 9.37 Å². The Morgan fingerprint density at radius 2 is 2.09 bits per heavy atom. The lowest BCUT2D eigenvalue weighted by molar-refractivity contribution is -0.0515. The van der Waals surface area contributed by atoms with Crippen molar-refractivity contribution in [2.75, 3.05) is 30.4 Å². The number of rotatable bonds is 10. The van der Waals surface area contributed by atoms with Crippen LogP contribution in [0.5, 0.6) is 11.5 Å². The third-order valence-corrected chi connectivity index (χ3v) is 6.64. The molecule has 0 radical (unpaired) electrons. The standard InChI is InChI=1S/C24H32F3N5O3/c1-24(2)8-6-17-12-16(7-9-32(17)24)29-21-18(25)14-28-23(31-21)30-15-4-5-19(34-11-3-10-33)20(13-15)35-22(26)27/h4-5,13-14,16-17,22,33H,3,6-12H2,1-2H3,(H2,28,29,30,31)/t16-,17+/m0/s1. The Morgan fingerprint density at radius 1 is 1.26 bits per heavy atom. The molecule has 0 amide bonds. The summed E-state index contributed by atoms with van der Waals surface area (Å²) in [7, 11) is 0. The molecule has 2 saturated heterocycles. The lowest BCUT2D eigenvalue weighted by Gasteiger charge is -2.42. The minimum Gasteiger partial charge on any atom is -0.490 e. The second-order valence-corrected chi connectivity index (χ2v) is 9.54. The number of halogens is 3. The molecule has 35 heavy (non-hydrogen) atoms. The smallest absolute Gasteiger partial charge is 0.387 e. The number of nitrogens with zero attached hydrogens (tertiary/aromatic N) is 3. The molecule has 192 valence electrons.